The van der Waals surface area contributed by atoms with E-state index in [1.165, 1.54) is 7.05 Å². The molecule has 0 spiro atoms. The van der Waals surface area contributed by atoms with Crippen LogP contribution in [0.3, 0.4) is 0 Å². The van der Waals surface area contributed by atoms with Gasteiger partial charge in [0.05, 0.1) is 5.57 Å². The first-order valence-corrected chi connectivity index (χ1v) is 6.29. The lowest BCUT2D eigenvalue weighted by molar-refractivity contribution is -0.417. The first-order chi connectivity index (χ1) is 8.97. The van der Waals surface area contributed by atoms with Crippen LogP contribution in [-0.2, 0) is 4.79 Å². The van der Waals surface area contributed by atoms with Crippen LogP contribution in [0.5, 0.6) is 0 Å². The zero-order chi connectivity index (χ0) is 14.0. The van der Waals surface area contributed by atoms with Gasteiger partial charge in [-0.2, -0.15) is 0 Å². The minimum atomic E-state index is -0.279. The average molecular weight is 279 g/mol. The Bertz CT molecular complexity index is 557. The second-order valence-electron chi connectivity index (χ2n) is 4.59. The minimum absolute atomic E-state index is 0.00251. The number of hydrogen-bond acceptors (Lipinski definition) is 3. The summed E-state index contributed by atoms with van der Waals surface area (Å²) in [6, 6.07) is 7.12. The third kappa shape index (κ3) is 3.15. The molecule has 0 aliphatic heterocycles. The molecule has 0 aromatic heterocycles. The van der Waals surface area contributed by atoms with Gasteiger partial charge in [0.15, 0.2) is 12.0 Å². The highest BCUT2D eigenvalue weighted by molar-refractivity contribution is 6.30. The number of rotatable bonds is 2. The van der Waals surface area contributed by atoms with Crippen LogP contribution in [0.1, 0.15) is 24.3 Å². The maximum Gasteiger partial charge on any atom is 0.184 e. The Balaban J connectivity index is 2.27. The Morgan fingerprint density at radius 2 is 1.95 bits per heavy atom. The molecule has 0 radical (unpaired) electrons. The molecule has 0 saturated carbocycles. The fourth-order valence-corrected chi connectivity index (χ4v) is 2.32. The Kier molecular flexibility index (Phi) is 3.90. The predicted octanol–water partition coefficient (Wildman–Crippen LogP) is 1.61. The summed E-state index contributed by atoms with van der Waals surface area (Å²) >= 11 is 5.81. The molecule has 4 nitrogen and oxygen atoms in total. The second-order valence-corrected chi connectivity index (χ2v) is 5.03. The van der Waals surface area contributed by atoms with Gasteiger partial charge >= 0.3 is 0 Å². The summed E-state index contributed by atoms with van der Waals surface area (Å²) in [5, 5.41) is 23.4. The van der Waals surface area contributed by atoms with Crippen molar-refractivity contribution in [2.45, 2.75) is 18.8 Å². The van der Waals surface area contributed by atoms with Gasteiger partial charge in [-0.1, -0.05) is 23.7 Å². The molecular weight excluding hydrogens is 266 g/mol. The van der Waals surface area contributed by atoms with E-state index in [-0.39, 0.29) is 35.9 Å². The molecule has 0 amide bonds. The van der Waals surface area contributed by atoms with Crippen LogP contribution in [-0.4, -0.2) is 23.8 Å². The maximum absolute atomic E-state index is 11.9. The van der Waals surface area contributed by atoms with Gasteiger partial charge in [-0.25, -0.2) is 4.74 Å². The minimum Gasteiger partial charge on any atom is -0.875 e. The van der Waals surface area contributed by atoms with Gasteiger partial charge in [0, 0.05) is 11.4 Å². The van der Waals surface area contributed by atoms with E-state index in [0.29, 0.717) is 9.76 Å². The third-order valence-corrected chi connectivity index (χ3v) is 3.37. The van der Waals surface area contributed by atoms with Crippen molar-refractivity contribution in [2.75, 3.05) is 7.05 Å². The molecule has 0 N–H and O–H groups in total. The fraction of sp³-hybridized carbons (Fsp3) is 0.286. The number of benzene rings is 1. The molecule has 5 heteroatoms. The highest BCUT2D eigenvalue weighted by atomic mass is 35.5. The summed E-state index contributed by atoms with van der Waals surface area (Å²) in [6.07, 6.45) is 1.54. The van der Waals surface area contributed by atoms with Gasteiger partial charge in [-0.05, 0) is 30.0 Å². The van der Waals surface area contributed by atoms with E-state index in [4.69, 9.17) is 11.6 Å². The topological polar surface area (TPSA) is 66.2 Å². The summed E-state index contributed by atoms with van der Waals surface area (Å²) in [6.45, 7) is 0. The van der Waals surface area contributed by atoms with E-state index < -0.39 is 0 Å². The maximum atomic E-state index is 11.9. The standard InChI is InChI=1S/C14H14ClNO3/c1-16(19)8-12-13(17)6-10(7-14(12)18)9-2-4-11(15)5-3-9/h2-5,8,10,17H,6-7H2,1H3/p-1/b16-8-. The smallest absolute Gasteiger partial charge is 0.184 e. The molecule has 0 bridgehead atoms. The van der Waals surface area contributed by atoms with Gasteiger partial charge in [-0.15, -0.1) is 5.76 Å². The SMILES string of the molecule is C/[N+]([O-])=C/C1=C([O-])CC(c2ccc(Cl)cc2)CC1=O. The highest BCUT2D eigenvalue weighted by Crippen LogP contribution is 2.32. The van der Waals surface area contributed by atoms with Crippen LogP contribution in [0.15, 0.2) is 35.6 Å². The Hall–Kier alpha value is -1.81. The molecule has 1 aliphatic carbocycles. The number of halogens is 1. The number of hydroxylamine groups is 1. The molecule has 1 atom stereocenters. The van der Waals surface area contributed by atoms with Crippen LogP contribution in [0, 0.1) is 5.21 Å². The monoisotopic (exact) mass is 278 g/mol. The van der Waals surface area contributed by atoms with Crippen molar-refractivity contribution in [3.8, 4) is 0 Å². The van der Waals surface area contributed by atoms with Crippen molar-refractivity contribution in [2.24, 2.45) is 0 Å². The summed E-state index contributed by atoms with van der Waals surface area (Å²) in [5.74, 6) is -0.691. The lowest BCUT2D eigenvalue weighted by atomic mass is 9.83. The third-order valence-electron chi connectivity index (χ3n) is 3.12. The molecule has 19 heavy (non-hydrogen) atoms. The number of nitrogens with zero attached hydrogens (tertiary/aromatic N) is 1. The normalized spacial score (nSPS) is 20.8. The zero-order valence-corrected chi connectivity index (χ0v) is 11.2. The number of carbonyl (C=O) groups excluding carboxylic acids is 1. The lowest BCUT2D eigenvalue weighted by Gasteiger charge is -2.28. The van der Waals surface area contributed by atoms with Crippen molar-refractivity contribution in [3.05, 3.63) is 51.4 Å². The van der Waals surface area contributed by atoms with Gasteiger partial charge < -0.3 is 10.3 Å². The number of Topliss-reactive ketones (excluding diaryl/α,β-unsaturated/α-hetero) is 1. The first kappa shape index (κ1) is 13.6. The van der Waals surface area contributed by atoms with Crippen LogP contribution in [0.25, 0.3) is 0 Å². The first-order valence-electron chi connectivity index (χ1n) is 5.91. The molecular formula is C14H13ClNO3-. The molecule has 0 saturated heterocycles. The van der Waals surface area contributed by atoms with E-state index in [0.717, 1.165) is 11.8 Å². The number of allylic oxidation sites excluding steroid dienone is 2. The number of ketones is 1. The van der Waals surface area contributed by atoms with Crippen molar-refractivity contribution in [1.29, 1.82) is 0 Å². The van der Waals surface area contributed by atoms with E-state index in [2.05, 4.69) is 0 Å². The largest absolute Gasteiger partial charge is 0.875 e. The molecule has 1 aromatic carbocycles. The second kappa shape index (κ2) is 5.45. The Labute approximate surface area is 116 Å². The molecule has 100 valence electrons. The van der Waals surface area contributed by atoms with Crippen LogP contribution >= 0.6 is 11.6 Å². The van der Waals surface area contributed by atoms with E-state index >= 15 is 0 Å². The quantitative estimate of drug-likeness (QED) is 0.357. The Morgan fingerprint density at radius 3 is 2.47 bits per heavy atom. The van der Waals surface area contributed by atoms with Gasteiger partial charge in [0.25, 0.3) is 0 Å². The molecule has 1 unspecified atom stereocenters. The molecule has 0 fully saturated rings. The summed E-state index contributed by atoms with van der Waals surface area (Å²) in [5.41, 5.74) is 0.920. The van der Waals surface area contributed by atoms with Gasteiger partial charge in [0.2, 0.25) is 0 Å². The summed E-state index contributed by atoms with van der Waals surface area (Å²) in [4.78, 5) is 11.9. The van der Waals surface area contributed by atoms with Crippen molar-refractivity contribution in [3.63, 3.8) is 0 Å². The molecule has 0 heterocycles. The van der Waals surface area contributed by atoms with Crippen LogP contribution in [0.2, 0.25) is 5.02 Å². The predicted molar refractivity (Wildman–Crippen MR) is 71.1 cm³/mol. The van der Waals surface area contributed by atoms with Gasteiger partial charge in [0.1, 0.15) is 7.05 Å². The van der Waals surface area contributed by atoms with Gasteiger partial charge in [-0.3, -0.25) is 4.79 Å². The zero-order valence-electron chi connectivity index (χ0n) is 10.4. The lowest BCUT2D eigenvalue weighted by Crippen LogP contribution is -2.26. The number of hydrogen-bond donors (Lipinski definition) is 0. The Morgan fingerprint density at radius 1 is 1.32 bits per heavy atom. The average Bonchev–Trinajstić information content (AvgIpc) is 2.34. The molecule has 1 aromatic rings. The highest BCUT2D eigenvalue weighted by Gasteiger charge is 2.25. The van der Waals surface area contributed by atoms with E-state index in [1.807, 2.05) is 12.1 Å². The summed E-state index contributed by atoms with van der Waals surface area (Å²) in [7, 11) is 1.25. The summed E-state index contributed by atoms with van der Waals surface area (Å²) < 4.78 is 0.480. The molecule has 2 rings (SSSR count). The van der Waals surface area contributed by atoms with Crippen molar-refractivity contribution < 1.29 is 14.6 Å². The number of carbonyl (C=O) groups is 1. The van der Waals surface area contributed by atoms with Crippen molar-refractivity contribution >= 4 is 23.6 Å². The van der Waals surface area contributed by atoms with Crippen LogP contribution in [0.4, 0.5) is 0 Å². The van der Waals surface area contributed by atoms with E-state index in [9.17, 15) is 15.1 Å². The fourth-order valence-electron chi connectivity index (χ4n) is 2.19. The molecule has 1 aliphatic rings. The van der Waals surface area contributed by atoms with E-state index in [1.54, 1.807) is 12.1 Å². The van der Waals surface area contributed by atoms with Crippen molar-refractivity contribution in [1.82, 2.24) is 0 Å². The van der Waals surface area contributed by atoms with Crippen LogP contribution < -0.4 is 5.11 Å².